The Morgan fingerprint density at radius 2 is 1.52 bits per heavy atom. The standard InChI is InChI=1S/C46H50ClFN8O5/c1-29-26-46(28-55(29)33-7-8-38(49-2)36(47)23-33)13-17-52(18-14-46)32-5-3-31(4-6-32)43(59)54-21-19-51(20-22-54)27-30-11-15-53(16-12-30)40-25-35-34(24-37(40)48)44(60)56(45(35)61)39-9-10-41(57)50-42(39)58/h3-8,23-25,29-30,39H,9-22,26-28H2,1H3,(H,50,57,58)/t29-,39?/m0/s1. The fraction of sp³-hybridized carbons (Fsp3) is 0.478. The van der Waals surface area contributed by atoms with Crippen LogP contribution in [-0.2, 0) is 9.59 Å². The van der Waals surface area contributed by atoms with Crippen molar-refractivity contribution in [3.63, 3.8) is 0 Å². The van der Waals surface area contributed by atoms with E-state index in [1.54, 1.807) is 0 Å². The summed E-state index contributed by atoms with van der Waals surface area (Å²) >= 11 is 6.39. The van der Waals surface area contributed by atoms with Gasteiger partial charge >= 0.3 is 0 Å². The molecule has 1 spiro atoms. The number of nitrogens with zero attached hydrogens (tertiary/aromatic N) is 7. The van der Waals surface area contributed by atoms with E-state index in [0.717, 1.165) is 93.7 Å². The molecule has 5 fully saturated rings. The summed E-state index contributed by atoms with van der Waals surface area (Å²) in [6, 6.07) is 15.7. The molecule has 5 saturated heterocycles. The largest absolute Gasteiger partial charge is 0.371 e. The molecule has 13 nitrogen and oxygen atoms in total. The Hall–Kier alpha value is -5.52. The highest BCUT2D eigenvalue weighted by atomic mass is 35.5. The topological polar surface area (TPSA) is 121 Å². The molecule has 1 unspecified atom stereocenters. The number of halogens is 2. The number of hydrogen-bond donors (Lipinski definition) is 1. The van der Waals surface area contributed by atoms with Gasteiger partial charge in [0, 0.05) is 99.9 Å². The van der Waals surface area contributed by atoms with Crippen LogP contribution in [0.3, 0.4) is 0 Å². The van der Waals surface area contributed by atoms with Crippen molar-refractivity contribution in [3.05, 3.63) is 93.5 Å². The molecule has 5 amide bonds. The zero-order valence-corrected chi connectivity index (χ0v) is 35.1. The third kappa shape index (κ3) is 7.82. The molecule has 6 aliphatic heterocycles. The van der Waals surface area contributed by atoms with Gasteiger partial charge in [0.1, 0.15) is 11.9 Å². The van der Waals surface area contributed by atoms with Crippen LogP contribution in [0.4, 0.5) is 27.1 Å². The maximum Gasteiger partial charge on any atom is 0.262 e. The van der Waals surface area contributed by atoms with Crippen molar-refractivity contribution in [1.82, 2.24) is 20.0 Å². The number of piperazine rings is 1. The van der Waals surface area contributed by atoms with Crippen LogP contribution in [0.15, 0.2) is 54.6 Å². The van der Waals surface area contributed by atoms with Crippen LogP contribution in [0.1, 0.15) is 82.9 Å². The molecule has 3 aromatic carbocycles. The minimum absolute atomic E-state index is 0.0176. The predicted molar refractivity (Wildman–Crippen MR) is 230 cm³/mol. The van der Waals surface area contributed by atoms with Crippen molar-refractivity contribution in [2.24, 2.45) is 11.3 Å². The van der Waals surface area contributed by atoms with Crippen molar-refractivity contribution >= 4 is 63.9 Å². The molecule has 61 heavy (non-hydrogen) atoms. The fourth-order valence-corrected chi connectivity index (χ4v) is 10.8. The van der Waals surface area contributed by atoms with Gasteiger partial charge in [-0.3, -0.25) is 39.1 Å². The van der Waals surface area contributed by atoms with Crippen molar-refractivity contribution < 1.29 is 28.4 Å². The highest BCUT2D eigenvalue weighted by Crippen LogP contribution is 2.46. The summed E-state index contributed by atoms with van der Waals surface area (Å²) in [5.41, 5.74) is 3.95. The third-order valence-electron chi connectivity index (χ3n) is 14.1. The first kappa shape index (κ1) is 40.9. The second-order valence-electron chi connectivity index (χ2n) is 17.8. The van der Waals surface area contributed by atoms with Gasteiger partial charge in [0.05, 0.1) is 23.4 Å². The number of hydrogen-bond acceptors (Lipinski definition) is 9. The number of nitrogens with one attached hydrogen (secondary N) is 1. The molecule has 2 atom stereocenters. The number of rotatable bonds is 7. The highest BCUT2D eigenvalue weighted by Gasteiger charge is 2.46. The molecule has 9 rings (SSSR count). The van der Waals surface area contributed by atoms with Crippen molar-refractivity contribution in [2.75, 3.05) is 80.1 Å². The van der Waals surface area contributed by atoms with Gasteiger partial charge in [-0.25, -0.2) is 9.24 Å². The predicted octanol–water partition coefficient (Wildman–Crippen LogP) is 5.99. The van der Waals surface area contributed by atoms with Crippen molar-refractivity contribution in [1.29, 1.82) is 0 Å². The zero-order valence-electron chi connectivity index (χ0n) is 34.4. The van der Waals surface area contributed by atoms with Gasteiger partial charge in [-0.1, -0.05) is 17.7 Å². The smallest absolute Gasteiger partial charge is 0.262 e. The second-order valence-corrected chi connectivity index (χ2v) is 18.2. The van der Waals surface area contributed by atoms with E-state index in [9.17, 15) is 24.0 Å². The number of benzene rings is 3. The lowest BCUT2D eigenvalue weighted by Crippen LogP contribution is -2.54. The van der Waals surface area contributed by atoms with Crippen LogP contribution in [-0.4, -0.2) is 122 Å². The molecule has 1 N–H and O–H groups in total. The van der Waals surface area contributed by atoms with Crippen LogP contribution in [0.25, 0.3) is 4.85 Å². The summed E-state index contributed by atoms with van der Waals surface area (Å²) in [5, 5.41) is 2.69. The Kier molecular flexibility index (Phi) is 11.0. The van der Waals surface area contributed by atoms with E-state index >= 15 is 4.39 Å². The first-order valence-electron chi connectivity index (χ1n) is 21.5. The minimum atomic E-state index is -1.10. The van der Waals surface area contributed by atoms with E-state index in [1.165, 1.54) is 6.07 Å². The number of fused-ring (bicyclic) bond motifs is 1. The Morgan fingerprint density at radius 1 is 0.852 bits per heavy atom. The van der Waals surface area contributed by atoms with Crippen LogP contribution in [0, 0.1) is 23.7 Å². The van der Waals surface area contributed by atoms with Gasteiger partial charge in [0.15, 0.2) is 0 Å². The maximum atomic E-state index is 15.5. The number of imide groups is 2. The van der Waals surface area contributed by atoms with Crippen molar-refractivity contribution in [3.8, 4) is 0 Å². The number of carbonyl (C=O) groups excluding carboxylic acids is 5. The van der Waals surface area contributed by atoms with E-state index < -0.39 is 35.5 Å². The summed E-state index contributed by atoms with van der Waals surface area (Å²) in [5.74, 6) is -2.64. The van der Waals surface area contributed by atoms with Crippen LogP contribution < -0.4 is 20.0 Å². The molecule has 0 radical (unpaired) electrons. The lowest BCUT2D eigenvalue weighted by atomic mass is 9.76. The SMILES string of the molecule is [C-]#[N+]c1ccc(N2CC3(CCN(c4ccc(C(=O)N5CCN(CC6CCN(c7cc8c(cc7F)C(=O)N(C7CCC(=O)NC7=O)C8=O)CC6)CC5)cc4)CC3)C[C@@H]2C)cc1Cl. The quantitative estimate of drug-likeness (QED) is 0.226. The second kappa shape index (κ2) is 16.4. The first-order chi connectivity index (χ1) is 29.4. The number of anilines is 3. The normalized spacial score (nSPS) is 23.5. The Balaban J connectivity index is 0.725. The molecule has 0 aromatic heterocycles. The van der Waals surface area contributed by atoms with Gasteiger partial charge in [-0.2, -0.15) is 0 Å². The van der Waals surface area contributed by atoms with Crippen LogP contribution in [0.2, 0.25) is 5.02 Å². The number of carbonyl (C=O) groups is 5. The molecule has 318 valence electrons. The molecular formula is C46H50ClFN8O5. The molecule has 0 aliphatic carbocycles. The minimum Gasteiger partial charge on any atom is -0.371 e. The maximum absolute atomic E-state index is 15.5. The Labute approximate surface area is 360 Å². The monoisotopic (exact) mass is 848 g/mol. The van der Waals surface area contributed by atoms with Gasteiger partial charge in [-0.05, 0) is 105 Å². The molecule has 15 heteroatoms. The molecule has 0 saturated carbocycles. The lowest BCUT2D eigenvalue weighted by molar-refractivity contribution is -0.136. The van der Waals surface area contributed by atoms with E-state index in [0.29, 0.717) is 54.4 Å². The molecule has 3 aromatic rings. The van der Waals surface area contributed by atoms with Crippen LogP contribution in [0.5, 0.6) is 0 Å². The van der Waals surface area contributed by atoms with Gasteiger partial charge in [0.2, 0.25) is 17.5 Å². The molecule has 6 heterocycles. The van der Waals surface area contributed by atoms with Gasteiger partial charge < -0.3 is 19.6 Å². The fourth-order valence-electron chi connectivity index (χ4n) is 10.6. The average molecular weight is 849 g/mol. The lowest BCUT2D eigenvalue weighted by Gasteiger charge is -2.40. The Bertz CT molecular complexity index is 2310. The number of piperidine rings is 3. The third-order valence-corrected chi connectivity index (χ3v) is 14.4. The van der Waals surface area contributed by atoms with E-state index in [4.69, 9.17) is 18.2 Å². The summed E-state index contributed by atoms with van der Waals surface area (Å²) < 4.78 is 15.5. The summed E-state index contributed by atoms with van der Waals surface area (Å²) in [6.07, 6.45) is 5.05. The molecule has 6 aliphatic rings. The highest BCUT2D eigenvalue weighted by molar-refractivity contribution is 6.33. The van der Waals surface area contributed by atoms with Gasteiger partial charge in [-0.15, -0.1) is 0 Å². The molecular weight excluding hydrogens is 799 g/mol. The first-order valence-corrected chi connectivity index (χ1v) is 21.9. The van der Waals surface area contributed by atoms with E-state index in [1.807, 2.05) is 40.1 Å². The van der Waals surface area contributed by atoms with Gasteiger partial charge in [0.25, 0.3) is 17.7 Å². The van der Waals surface area contributed by atoms with Crippen LogP contribution >= 0.6 is 11.6 Å². The van der Waals surface area contributed by atoms with Crippen molar-refractivity contribution in [2.45, 2.75) is 64.0 Å². The Morgan fingerprint density at radius 3 is 2.18 bits per heavy atom. The molecule has 0 bridgehead atoms. The summed E-state index contributed by atoms with van der Waals surface area (Å²) in [7, 11) is 0. The van der Waals surface area contributed by atoms with E-state index in [2.05, 4.69) is 43.9 Å². The summed E-state index contributed by atoms with van der Waals surface area (Å²) in [6.45, 7) is 17.5. The average Bonchev–Trinajstić information content (AvgIpc) is 3.71. The van der Waals surface area contributed by atoms with E-state index in [-0.39, 0.29) is 41.0 Å². The number of amides is 5. The summed E-state index contributed by atoms with van der Waals surface area (Å²) in [4.78, 5) is 79.6. The zero-order chi connectivity index (χ0) is 42.6.